The number of alkyl halides is 3. The molecule has 0 radical (unpaired) electrons. The SMILES string of the molecule is CCCC(N)CN(C)CC(F)(F)F. The van der Waals surface area contributed by atoms with Gasteiger partial charge in [0.05, 0.1) is 6.54 Å². The number of nitrogens with zero attached hydrogens (tertiary/aromatic N) is 1. The van der Waals surface area contributed by atoms with Gasteiger partial charge in [-0.3, -0.25) is 4.90 Å². The van der Waals surface area contributed by atoms with Gasteiger partial charge in [0.2, 0.25) is 0 Å². The Morgan fingerprint density at radius 1 is 1.38 bits per heavy atom. The van der Waals surface area contributed by atoms with Gasteiger partial charge < -0.3 is 5.73 Å². The Hall–Kier alpha value is -0.290. The summed E-state index contributed by atoms with van der Waals surface area (Å²) in [5, 5.41) is 0. The summed E-state index contributed by atoms with van der Waals surface area (Å²) in [4.78, 5) is 1.21. The smallest absolute Gasteiger partial charge is 0.327 e. The maximum absolute atomic E-state index is 11.9. The summed E-state index contributed by atoms with van der Waals surface area (Å²) >= 11 is 0. The molecule has 1 atom stereocenters. The number of likely N-dealkylation sites (N-methyl/N-ethyl adjacent to an activating group) is 1. The Bertz CT molecular complexity index is 136. The van der Waals surface area contributed by atoms with Gasteiger partial charge in [-0.15, -0.1) is 0 Å². The first-order valence-corrected chi connectivity index (χ1v) is 4.36. The topological polar surface area (TPSA) is 29.3 Å². The first-order valence-electron chi connectivity index (χ1n) is 4.36. The van der Waals surface area contributed by atoms with Crippen LogP contribution < -0.4 is 5.73 Å². The molecule has 0 bridgehead atoms. The molecular weight excluding hydrogens is 181 g/mol. The first kappa shape index (κ1) is 12.7. The molecule has 0 aliphatic carbocycles. The highest BCUT2D eigenvalue weighted by atomic mass is 19.4. The van der Waals surface area contributed by atoms with Crippen molar-refractivity contribution in [2.45, 2.75) is 32.0 Å². The Kier molecular flexibility index (Phi) is 5.32. The predicted octanol–water partition coefficient (Wildman–Crippen LogP) is 1.61. The monoisotopic (exact) mass is 198 g/mol. The molecular formula is C8H17F3N2. The van der Waals surface area contributed by atoms with Crippen molar-refractivity contribution in [1.29, 1.82) is 0 Å². The molecule has 5 heteroatoms. The van der Waals surface area contributed by atoms with Crippen molar-refractivity contribution in [2.24, 2.45) is 5.73 Å². The molecule has 2 N–H and O–H groups in total. The Morgan fingerprint density at radius 2 is 1.92 bits per heavy atom. The van der Waals surface area contributed by atoms with E-state index in [0.29, 0.717) is 6.54 Å². The van der Waals surface area contributed by atoms with Gasteiger partial charge in [0.1, 0.15) is 0 Å². The summed E-state index contributed by atoms with van der Waals surface area (Å²) in [6.07, 6.45) is -2.45. The molecule has 1 unspecified atom stereocenters. The third-order valence-corrected chi connectivity index (χ3v) is 1.65. The van der Waals surface area contributed by atoms with Crippen molar-refractivity contribution in [3.63, 3.8) is 0 Å². The number of hydrogen-bond acceptors (Lipinski definition) is 2. The minimum absolute atomic E-state index is 0.155. The average molecular weight is 198 g/mol. The minimum Gasteiger partial charge on any atom is -0.327 e. The maximum atomic E-state index is 11.9. The van der Waals surface area contributed by atoms with Crippen LogP contribution in [0.3, 0.4) is 0 Å². The van der Waals surface area contributed by atoms with E-state index in [1.165, 1.54) is 11.9 Å². The van der Waals surface area contributed by atoms with Gasteiger partial charge in [-0.1, -0.05) is 13.3 Å². The molecule has 0 heterocycles. The zero-order valence-electron chi connectivity index (χ0n) is 8.06. The fourth-order valence-corrected chi connectivity index (χ4v) is 1.23. The predicted molar refractivity (Wildman–Crippen MR) is 46.4 cm³/mol. The van der Waals surface area contributed by atoms with Crippen molar-refractivity contribution in [1.82, 2.24) is 4.90 Å². The van der Waals surface area contributed by atoms with E-state index >= 15 is 0 Å². The molecule has 0 aliphatic rings. The second-order valence-corrected chi connectivity index (χ2v) is 3.36. The summed E-state index contributed by atoms with van der Waals surface area (Å²) in [5.74, 6) is 0. The molecule has 0 rings (SSSR count). The van der Waals surface area contributed by atoms with Crippen LogP contribution in [-0.2, 0) is 0 Å². The fraction of sp³-hybridized carbons (Fsp3) is 1.00. The van der Waals surface area contributed by atoms with E-state index in [1.807, 2.05) is 6.92 Å². The Morgan fingerprint density at radius 3 is 2.31 bits per heavy atom. The van der Waals surface area contributed by atoms with Crippen LogP contribution in [0.15, 0.2) is 0 Å². The lowest BCUT2D eigenvalue weighted by Gasteiger charge is -2.21. The van der Waals surface area contributed by atoms with Gasteiger partial charge in [-0.2, -0.15) is 13.2 Å². The first-order chi connectivity index (χ1) is 5.85. The van der Waals surface area contributed by atoms with Crippen molar-refractivity contribution in [3.8, 4) is 0 Å². The molecule has 0 fully saturated rings. The van der Waals surface area contributed by atoms with E-state index in [1.54, 1.807) is 0 Å². The van der Waals surface area contributed by atoms with E-state index in [-0.39, 0.29) is 6.04 Å². The van der Waals surface area contributed by atoms with E-state index < -0.39 is 12.7 Å². The van der Waals surface area contributed by atoms with E-state index in [2.05, 4.69) is 0 Å². The minimum atomic E-state index is -4.12. The molecule has 0 amide bonds. The second kappa shape index (κ2) is 5.44. The molecule has 0 aliphatic heterocycles. The average Bonchev–Trinajstić information content (AvgIpc) is 1.81. The molecule has 2 nitrogen and oxygen atoms in total. The molecule has 13 heavy (non-hydrogen) atoms. The lowest BCUT2D eigenvalue weighted by Crippen LogP contribution is -2.39. The van der Waals surface area contributed by atoms with Crippen LogP contribution in [-0.4, -0.2) is 37.3 Å². The summed E-state index contributed by atoms with van der Waals surface area (Å²) in [7, 11) is 1.43. The van der Waals surface area contributed by atoms with Gasteiger partial charge in [-0.25, -0.2) is 0 Å². The zero-order valence-corrected chi connectivity index (χ0v) is 8.06. The van der Waals surface area contributed by atoms with Crippen molar-refractivity contribution < 1.29 is 13.2 Å². The Balaban J connectivity index is 3.67. The highest BCUT2D eigenvalue weighted by molar-refractivity contribution is 4.67. The number of nitrogens with two attached hydrogens (primary N) is 1. The molecule has 0 aromatic heterocycles. The molecule has 0 aromatic rings. The maximum Gasteiger partial charge on any atom is 0.401 e. The van der Waals surface area contributed by atoms with Gasteiger partial charge in [0, 0.05) is 12.6 Å². The van der Waals surface area contributed by atoms with Gasteiger partial charge in [0.25, 0.3) is 0 Å². The molecule has 0 aromatic carbocycles. The van der Waals surface area contributed by atoms with Gasteiger partial charge in [0.15, 0.2) is 0 Å². The third-order valence-electron chi connectivity index (χ3n) is 1.65. The van der Waals surface area contributed by atoms with Gasteiger partial charge >= 0.3 is 6.18 Å². The third kappa shape index (κ3) is 8.05. The second-order valence-electron chi connectivity index (χ2n) is 3.36. The zero-order chi connectivity index (χ0) is 10.5. The van der Waals surface area contributed by atoms with E-state index in [4.69, 9.17) is 5.73 Å². The van der Waals surface area contributed by atoms with Gasteiger partial charge in [-0.05, 0) is 13.5 Å². The quantitative estimate of drug-likeness (QED) is 0.727. The van der Waals surface area contributed by atoms with Crippen molar-refractivity contribution >= 4 is 0 Å². The highest BCUT2D eigenvalue weighted by Gasteiger charge is 2.29. The summed E-state index contributed by atoms with van der Waals surface area (Å²) in [6.45, 7) is 1.38. The molecule has 0 saturated heterocycles. The number of hydrogen-bond donors (Lipinski definition) is 1. The summed E-state index contributed by atoms with van der Waals surface area (Å²) in [6, 6.07) is -0.155. The molecule has 80 valence electrons. The number of halogens is 3. The van der Waals surface area contributed by atoms with E-state index in [0.717, 1.165) is 12.8 Å². The summed E-state index contributed by atoms with van der Waals surface area (Å²) < 4.78 is 35.6. The lowest BCUT2D eigenvalue weighted by molar-refractivity contribution is -0.143. The summed E-state index contributed by atoms with van der Waals surface area (Å²) in [5.41, 5.74) is 5.59. The van der Waals surface area contributed by atoms with E-state index in [9.17, 15) is 13.2 Å². The molecule has 0 spiro atoms. The fourth-order valence-electron chi connectivity index (χ4n) is 1.23. The van der Waals surface area contributed by atoms with Crippen LogP contribution in [0.5, 0.6) is 0 Å². The Labute approximate surface area is 76.9 Å². The normalized spacial score (nSPS) is 15.0. The van der Waals surface area contributed by atoms with Crippen LogP contribution in [0.2, 0.25) is 0 Å². The largest absolute Gasteiger partial charge is 0.401 e. The highest BCUT2D eigenvalue weighted by Crippen LogP contribution is 2.15. The number of rotatable bonds is 5. The van der Waals surface area contributed by atoms with Crippen LogP contribution >= 0.6 is 0 Å². The standard InChI is InChI=1S/C8H17F3N2/c1-3-4-7(12)5-13(2)6-8(9,10)11/h7H,3-6,12H2,1-2H3. The molecule has 0 saturated carbocycles. The van der Waals surface area contributed by atoms with Crippen molar-refractivity contribution in [3.05, 3.63) is 0 Å². The van der Waals surface area contributed by atoms with Crippen LogP contribution in [0.1, 0.15) is 19.8 Å². The van der Waals surface area contributed by atoms with Crippen LogP contribution in [0.25, 0.3) is 0 Å². The van der Waals surface area contributed by atoms with Crippen molar-refractivity contribution in [2.75, 3.05) is 20.1 Å². The lowest BCUT2D eigenvalue weighted by atomic mass is 10.2. The van der Waals surface area contributed by atoms with Crippen LogP contribution in [0.4, 0.5) is 13.2 Å². The van der Waals surface area contributed by atoms with Crippen LogP contribution in [0, 0.1) is 0 Å².